The van der Waals surface area contributed by atoms with E-state index in [1.165, 1.54) is 38.1 Å². The average Bonchev–Trinajstić information content (AvgIpc) is 3.37. The molecular weight excluding hydrogens is 376 g/mol. The first-order valence-corrected chi connectivity index (χ1v) is 10.6. The number of nitro groups is 1. The van der Waals surface area contributed by atoms with E-state index in [0.717, 1.165) is 36.7 Å². The lowest BCUT2D eigenvalue weighted by Crippen LogP contribution is -2.33. The molecule has 2 aromatic rings. The lowest BCUT2D eigenvalue weighted by atomic mass is 10.1. The number of benzene rings is 1. The van der Waals surface area contributed by atoms with Gasteiger partial charge in [0.05, 0.1) is 10.6 Å². The van der Waals surface area contributed by atoms with Crippen LogP contribution in [0.4, 0.5) is 16.4 Å². The number of hydrogen-bond acceptors (Lipinski definition) is 6. The lowest BCUT2D eigenvalue weighted by Gasteiger charge is -2.26. The fourth-order valence-electron chi connectivity index (χ4n) is 3.95. The zero-order valence-corrected chi connectivity index (χ0v) is 16.6. The molecular formula is C20H24N4O3S. The van der Waals surface area contributed by atoms with Gasteiger partial charge in [0.25, 0.3) is 11.6 Å². The van der Waals surface area contributed by atoms with Crippen LogP contribution in [-0.2, 0) is 0 Å². The van der Waals surface area contributed by atoms with Gasteiger partial charge in [-0.15, -0.1) is 11.3 Å². The summed E-state index contributed by atoms with van der Waals surface area (Å²) in [6.07, 6.45) is 3.49. The third-order valence-corrected chi connectivity index (χ3v) is 6.43. The minimum atomic E-state index is -0.449. The van der Waals surface area contributed by atoms with Crippen LogP contribution >= 0.6 is 11.3 Å². The Balaban J connectivity index is 1.51. The Morgan fingerprint density at radius 2 is 1.75 bits per heavy atom. The summed E-state index contributed by atoms with van der Waals surface area (Å²) in [5.41, 5.74) is 1.43. The Morgan fingerprint density at radius 3 is 2.46 bits per heavy atom. The summed E-state index contributed by atoms with van der Waals surface area (Å²) in [5.74, 6) is -0.101. The highest BCUT2D eigenvalue weighted by atomic mass is 32.1. The van der Waals surface area contributed by atoms with Gasteiger partial charge in [-0.2, -0.15) is 0 Å². The van der Waals surface area contributed by atoms with Gasteiger partial charge >= 0.3 is 0 Å². The normalized spacial score (nSPS) is 17.4. The molecule has 4 rings (SSSR count). The van der Waals surface area contributed by atoms with Crippen LogP contribution < -0.4 is 9.80 Å². The quantitative estimate of drug-likeness (QED) is 0.566. The molecule has 2 aliphatic heterocycles. The van der Waals surface area contributed by atoms with E-state index < -0.39 is 4.92 Å². The predicted octanol–water partition coefficient (Wildman–Crippen LogP) is 3.61. The van der Waals surface area contributed by atoms with Crippen LogP contribution in [-0.4, -0.2) is 55.0 Å². The first-order chi connectivity index (χ1) is 13.6. The van der Waals surface area contributed by atoms with Crippen molar-refractivity contribution in [3.63, 3.8) is 0 Å². The largest absolute Gasteiger partial charge is 0.360 e. The zero-order chi connectivity index (χ0) is 19.5. The number of hydrogen-bond donors (Lipinski definition) is 0. The lowest BCUT2D eigenvalue weighted by molar-refractivity contribution is -0.384. The Kier molecular flexibility index (Phi) is 5.59. The second kappa shape index (κ2) is 8.28. The summed E-state index contributed by atoms with van der Waals surface area (Å²) >= 11 is 1.68. The van der Waals surface area contributed by atoms with Crippen LogP contribution in [0.1, 0.15) is 29.6 Å². The highest BCUT2D eigenvalue weighted by molar-refractivity contribution is 7.15. The summed E-state index contributed by atoms with van der Waals surface area (Å²) in [6, 6.07) is 7.88. The van der Waals surface area contributed by atoms with E-state index in [2.05, 4.69) is 9.80 Å². The summed E-state index contributed by atoms with van der Waals surface area (Å²) in [6.45, 7) is 6.01. The minimum Gasteiger partial charge on any atom is -0.360 e. The molecule has 0 N–H and O–H groups in total. The third-order valence-electron chi connectivity index (χ3n) is 5.47. The number of nitro benzene ring substituents is 1. The number of nitrogens with zero attached hydrogens (tertiary/aromatic N) is 4. The maximum atomic E-state index is 13.1. The number of non-ortho nitro benzene ring substituents is 1. The average molecular weight is 401 g/mol. The second-order valence-electron chi connectivity index (χ2n) is 7.26. The van der Waals surface area contributed by atoms with E-state index in [1.54, 1.807) is 23.5 Å². The van der Waals surface area contributed by atoms with Crippen LogP contribution in [0.15, 0.2) is 35.7 Å². The number of fused-ring (bicyclic) bond motifs is 1. The number of rotatable bonds is 5. The van der Waals surface area contributed by atoms with E-state index in [9.17, 15) is 14.9 Å². The number of carbonyl (C=O) groups excluding carboxylic acids is 1. The fraction of sp³-hybridized carbons (Fsp3) is 0.450. The van der Waals surface area contributed by atoms with Crippen molar-refractivity contribution in [1.29, 1.82) is 0 Å². The number of likely N-dealkylation sites (tertiary alicyclic amines) is 1. The molecule has 0 aliphatic carbocycles. The van der Waals surface area contributed by atoms with Crippen LogP contribution in [0, 0.1) is 10.1 Å². The summed E-state index contributed by atoms with van der Waals surface area (Å²) < 4.78 is 0. The highest BCUT2D eigenvalue weighted by Crippen LogP contribution is 2.38. The molecule has 0 unspecified atom stereocenters. The van der Waals surface area contributed by atoms with Gasteiger partial charge in [0.2, 0.25) is 0 Å². The zero-order valence-electron chi connectivity index (χ0n) is 15.7. The van der Waals surface area contributed by atoms with E-state index in [0.29, 0.717) is 12.1 Å². The molecule has 7 nitrogen and oxygen atoms in total. The molecule has 0 saturated carbocycles. The minimum absolute atomic E-state index is 0.00303. The van der Waals surface area contributed by atoms with Gasteiger partial charge in [-0.3, -0.25) is 14.9 Å². The van der Waals surface area contributed by atoms with E-state index in [4.69, 9.17) is 0 Å². The van der Waals surface area contributed by atoms with Gasteiger partial charge in [-0.05, 0) is 55.9 Å². The smallest absolute Gasteiger partial charge is 0.269 e. The Hall–Kier alpha value is -2.45. The van der Waals surface area contributed by atoms with Crippen molar-refractivity contribution in [2.45, 2.75) is 19.3 Å². The maximum Gasteiger partial charge on any atom is 0.269 e. The van der Waals surface area contributed by atoms with Crippen molar-refractivity contribution >= 4 is 33.6 Å². The van der Waals surface area contributed by atoms with Crippen LogP contribution in [0.5, 0.6) is 0 Å². The summed E-state index contributed by atoms with van der Waals surface area (Å²) in [7, 11) is 0. The van der Waals surface area contributed by atoms with Crippen LogP contribution in [0.2, 0.25) is 0 Å². The molecule has 1 aromatic heterocycles. The van der Waals surface area contributed by atoms with Crippen molar-refractivity contribution in [3.05, 3.63) is 51.4 Å². The van der Waals surface area contributed by atoms with Crippen LogP contribution in [0.3, 0.4) is 0 Å². The molecule has 0 bridgehead atoms. The molecule has 1 amide bonds. The number of amides is 1. The fourth-order valence-corrected chi connectivity index (χ4v) is 4.91. The van der Waals surface area contributed by atoms with Gasteiger partial charge in [0, 0.05) is 43.9 Å². The van der Waals surface area contributed by atoms with Crippen LogP contribution in [0.25, 0.3) is 0 Å². The van der Waals surface area contributed by atoms with Gasteiger partial charge < -0.3 is 14.7 Å². The monoisotopic (exact) mass is 400 g/mol. The van der Waals surface area contributed by atoms with E-state index in [1.807, 2.05) is 16.3 Å². The van der Waals surface area contributed by atoms with E-state index in [-0.39, 0.29) is 11.6 Å². The van der Waals surface area contributed by atoms with Gasteiger partial charge in [0.15, 0.2) is 0 Å². The molecule has 3 heterocycles. The molecule has 148 valence electrons. The molecule has 8 heteroatoms. The molecule has 28 heavy (non-hydrogen) atoms. The maximum absolute atomic E-state index is 13.1. The Bertz CT molecular complexity index is 845. The van der Waals surface area contributed by atoms with Gasteiger partial charge in [0.1, 0.15) is 5.00 Å². The van der Waals surface area contributed by atoms with Crippen molar-refractivity contribution in [2.75, 3.05) is 49.1 Å². The van der Waals surface area contributed by atoms with Crippen molar-refractivity contribution < 1.29 is 9.72 Å². The summed E-state index contributed by atoms with van der Waals surface area (Å²) in [4.78, 5) is 30.2. The third kappa shape index (κ3) is 3.88. The molecule has 0 atom stereocenters. The molecule has 1 fully saturated rings. The van der Waals surface area contributed by atoms with Gasteiger partial charge in [-0.1, -0.05) is 0 Å². The topological polar surface area (TPSA) is 69.9 Å². The molecule has 1 saturated heterocycles. The number of carbonyl (C=O) groups is 1. The molecule has 0 radical (unpaired) electrons. The van der Waals surface area contributed by atoms with Crippen molar-refractivity contribution in [2.24, 2.45) is 0 Å². The standard InChI is InChI=1S/C20H24N4O3S/c25-19(16-4-6-17(7-5-16)24(26)27)23-12-3-11-22(20-18(23)8-15-28-20)14-13-21-9-1-2-10-21/h4-8,15H,1-3,9-14H2. The molecule has 1 aromatic carbocycles. The predicted molar refractivity (Wildman–Crippen MR) is 112 cm³/mol. The van der Waals surface area contributed by atoms with Crippen molar-refractivity contribution in [1.82, 2.24) is 4.90 Å². The molecule has 2 aliphatic rings. The second-order valence-corrected chi connectivity index (χ2v) is 8.16. The number of thiophene rings is 1. The summed E-state index contributed by atoms with van der Waals surface area (Å²) in [5, 5.41) is 14.0. The highest BCUT2D eigenvalue weighted by Gasteiger charge is 2.27. The Labute approximate surface area is 168 Å². The molecule has 0 spiro atoms. The SMILES string of the molecule is O=C(c1ccc([N+](=O)[O-])cc1)N1CCCN(CCN2CCCC2)c2sccc21. The van der Waals surface area contributed by atoms with Crippen molar-refractivity contribution in [3.8, 4) is 0 Å². The van der Waals surface area contributed by atoms with E-state index >= 15 is 0 Å². The van der Waals surface area contributed by atoms with Gasteiger partial charge in [-0.25, -0.2) is 0 Å². The first-order valence-electron chi connectivity index (χ1n) is 9.74. The Morgan fingerprint density at radius 1 is 1.00 bits per heavy atom. The first kappa shape index (κ1) is 18.9. The number of anilines is 2.